The normalized spacial score (nSPS) is 6.52. The van der Waals surface area contributed by atoms with Crippen molar-refractivity contribution in [3.8, 4) is 0 Å². The van der Waals surface area contributed by atoms with Crippen molar-refractivity contribution in [1.82, 2.24) is 40.8 Å². The molecule has 0 aliphatic rings. The third-order valence-corrected chi connectivity index (χ3v) is 1.62. The van der Waals surface area contributed by atoms with Crippen molar-refractivity contribution in [1.29, 1.82) is 0 Å². The van der Waals surface area contributed by atoms with Crippen LogP contribution >= 0.6 is 24.4 Å². The summed E-state index contributed by atoms with van der Waals surface area (Å²) < 4.78 is 0. The summed E-state index contributed by atoms with van der Waals surface area (Å²) in [5.41, 5.74) is 0. The summed E-state index contributed by atoms with van der Waals surface area (Å²) in [7, 11) is 0. The number of isothiocyanates is 2. The van der Waals surface area contributed by atoms with E-state index in [1.54, 1.807) is 49.6 Å². The van der Waals surface area contributed by atoms with Gasteiger partial charge in [-0.3, -0.25) is 20.4 Å². The zero-order chi connectivity index (χ0) is 19.6. The van der Waals surface area contributed by atoms with Gasteiger partial charge in [0.2, 0.25) is 0 Å². The second-order valence-electron chi connectivity index (χ2n) is 3.25. The molecular weight excluding hydrogens is 431 g/mol. The zero-order valence-electron chi connectivity index (χ0n) is 13.7. The van der Waals surface area contributed by atoms with E-state index in [2.05, 4.69) is 65.2 Å². The van der Waals surface area contributed by atoms with Gasteiger partial charge in [0.05, 0.1) is 0 Å². The molecule has 0 aliphatic heterocycles. The Morgan fingerprint density at radius 3 is 0.778 bits per heavy atom. The number of hydrogen-bond acceptors (Lipinski definition) is 6. The molecule has 0 bridgehead atoms. The molecule has 0 amide bonds. The fourth-order valence-corrected chi connectivity index (χ4v) is 0.861. The first-order valence-corrected chi connectivity index (χ1v) is 7.42. The molecule has 10 nitrogen and oxygen atoms in total. The fraction of sp³-hybridized carbons (Fsp3) is 0. The summed E-state index contributed by atoms with van der Waals surface area (Å²) in [4.78, 5) is 0. The monoisotopic (exact) mass is 446 g/mol. The quantitative estimate of drug-likeness (QED) is 0.184. The Kier molecular flexibility index (Phi) is 32.7. The predicted octanol–water partition coefficient (Wildman–Crippen LogP) is 2.95. The van der Waals surface area contributed by atoms with Crippen LogP contribution in [0.15, 0.2) is 73.8 Å². The van der Waals surface area contributed by atoms with E-state index in [0.717, 1.165) is 0 Å². The van der Waals surface area contributed by atoms with Crippen LogP contribution in [0.25, 0.3) is 10.8 Å². The van der Waals surface area contributed by atoms with Crippen molar-refractivity contribution >= 4 is 34.8 Å². The van der Waals surface area contributed by atoms with Gasteiger partial charge in [-0.05, 0) is 24.3 Å². The molecule has 4 aromatic rings. The topological polar surface area (TPSA) is 159 Å². The number of nitrogens with zero attached hydrogens (tertiary/aromatic N) is 6. The van der Waals surface area contributed by atoms with Crippen LogP contribution < -0.4 is 0 Å². The Bertz CT molecular complexity index is 514. The smallest absolute Gasteiger partial charge is 0.753 e. The molecule has 0 saturated heterocycles. The molecular formula is C14H16N10NiS2. The Morgan fingerprint density at radius 1 is 0.556 bits per heavy atom. The van der Waals surface area contributed by atoms with Crippen LogP contribution in [0.3, 0.4) is 0 Å². The van der Waals surface area contributed by atoms with Gasteiger partial charge in [0.1, 0.15) is 0 Å². The van der Waals surface area contributed by atoms with Gasteiger partial charge in [0, 0.05) is 49.6 Å². The van der Waals surface area contributed by atoms with Crippen LogP contribution in [0, 0.1) is 0 Å². The minimum absolute atomic E-state index is 0. The molecule has 4 rings (SSSR count). The Balaban J connectivity index is -0.000000258. The summed E-state index contributed by atoms with van der Waals surface area (Å²) in [6.45, 7) is 0. The minimum atomic E-state index is 0. The first-order valence-electron chi connectivity index (χ1n) is 6.60. The van der Waals surface area contributed by atoms with Gasteiger partial charge in [0.15, 0.2) is 0 Å². The minimum Gasteiger partial charge on any atom is -0.753 e. The summed E-state index contributed by atoms with van der Waals surface area (Å²) >= 11 is 7.40. The summed E-state index contributed by atoms with van der Waals surface area (Å²) in [5, 5.41) is 41.8. The maximum atomic E-state index is 7.13. The van der Waals surface area contributed by atoms with Crippen LogP contribution in [-0.2, 0) is 16.5 Å². The maximum Gasteiger partial charge on any atom is 2.00 e. The second-order valence-corrected chi connectivity index (χ2v) is 3.61. The van der Waals surface area contributed by atoms with Crippen molar-refractivity contribution < 1.29 is 16.5 Å². The van der Waals surface area contributed by atoms with Crippen LogP contribution in [0.2, 0.25) is 0 Å². The molecule has 0 saturated carbocycles. The van der Waals surface area contributed by atoms with Gasteiger partial charge in [-0.1, -0.05) is 24.4 Å². The molecule has 0 aliphatic carbocycles. The number of H-pyrrole nitrogens is 4. The Hall–Kier alpha value is -3.07. The summed E-state index contributed by atoms with van der Waals surface area (Å²) in [6, 6.07) is 7.33. The van der Waals surface area contributed by atoms with E-state index >= 15 is 0 Å². The molecule has 4 aromatic heterocycles. The molecule has 13 heteroatoms. The van der Waals surface area contributed by atoms with Gasteiger partial charge in [0.25, 0.3) is 0 Å². The number of hydrogen-bond donors (Lipinski definition) is 4. The standard InChI is InChI=1S/4C3H4N2.2CNS.Ni/c4*1-2-4-5-3-1;2*2-1-3;/h4*1-3H,(H,4,5);;;/q;;;;2*-1;+2. The predicted molar refractivity (Wildman–Crippen MR) is 106 cm³/mol. The van der Waals surface area contributed by atoms with E-state index in [0.29, 0.717) is 0 Å². The van der Waals surface area contributed by atoms with Crippen molar-refractivity contribution in [2.45, 2.75) is 0 Å². The zero-order valence-corrected chi connectivity index (χ0v) is 16.4. The molecule has 0 aromatic carbocycles. The van der Waals surface area contributed by atoms with Crippen molar-refractivity contribution in [2.24, 2.45) is 0 Å². The number of nitrogens with one attached hydrogen (secondary N) is 4. The maximum absolute atomic E-state index is 7.13. The van der Waals surface area contributed by atoms with E-state index < -0.39 is 0 Å². The van der Waals surface area contributed by atoms with Crippen molar-refractivity contribution in [3.63, 3.8) is 0 Å². The van der Waals surface area contributed by atoms with E-state index in [9.17, 15) is 0 Å². The molecule has 0 unspecified atom stereocenters. The summed E-state index contributed by atoms with van der Waals surface area (Å²) in [6.07, 6.45) is 13.8. The second kappa shape index (κ2) is 30.8. The molecule has 4 N–H and O–H groups in total. The third kappa shape index (κ3) is 35.0. The average Bonchev–Trinajstić information content (AvgIpc) is 3.53. The van der Waals surface area contributed by atoms with E-state index in [-0.39, 0.29) is 16.5 Å². The van der Waals surface area contributed by atoms with Gasteiger partial charge in [-0.25, -0.2) is 0 Å². The molecule has 0 atom stereocenters. The number of thiocarbonyl (C=S) groups is 2. The average molecular weight is 447 g/mol. The molecule has 144 valence electrons. The van der Waals surface area contributed by atoms with Gasteiger partial charge < -0.3 is 10.8 Å². The van der Waals surface area contributed by atoms with Crippen LogP contribution in [-0.4, -0.2) is 51.1 Å². The van der Waals surface area contributed by atoms with Gasteiger partial charge >= 0.3 is 16.5 Å². The largest absolute Gasteiger partial charge is 2.00 e. The molecule has 0 fully saturated rings. The number of aromatic nitrogens is 8. The van der Waals surface area contributed by atoms with Crippen molar-refractivity contribution in [2.75, 3.05) is 0 Å². The Labute approximate surface area is 176 Å². The van der Waals surface area contributed by atoms with Crippen molar-refractivity contribution in [3.05, 3.63) is 84.7 Å². The SMILES string of the molecule is [N-]=C=S.[N-]=C=S.[Ni+2].c1cn[nH]c1.c1cn[nH]c1.c1cn[nH]c1.c1cn[nH]c1. The first-order chi connectivity index (χ1) is 12.8. The molecule has 27 heavy (non-hydrogen) atoms. The molecule has 0 radical (unpaired) electrons. The van der Waals surface area contributed by atoms with E-state index in [1.165, 1.54) is 10.3 Å². The summed E-state index contributed by atoms with van der Waals surface area (Å²) in [5.74, 6) is 0. The molecule has 4 heterocycles. The van der Waals surface area contributed by atoms with Gasteiger partial charge in [-0.15, -0.1) is 0 Å². The van der Waals surface area contributed by atoms with E-state index in [4.69, 9.17) is 10.8 Å². The Morgan fingerprint density at radius 2 is 0.741 bits per heavy atom. The van der Waals surface area contributed by atoms with Crippen LogP contribution in [0.4, 0.5) is 0 Å². The first kappa shape index (κ1) is 28.7. The van der Waals surface area contributed by atoms with Crippen LogP contribution in [0.1, 0.15) is 0 Å². The van der Waals surface area contributed by atoms with E-state index in [1.807, 2.05) is 24.3 Å². The number of aromatic amines is 4. The molecule has 0 spiro atoms. The number of rotatable bonds is 0. The van der Waals surface area contributed by atoms with Crippen LogP contribution in [0.5, 0.6) is 0 Å². The third-order valence-electron chi connectivity index (χ3n) is 1.62. The fourth-order valence-electron chi connectivity index (χ4n) is 0.861. The van der Waals surface area contributed by atoms with Gasteiger partial charge in [-0.2, -0.15) is 30.7 Å².